The number of rotatable bonds is 4. The van der Waals surface area contributed by atoms with Gasteiger partial charge in [-0.3, -0.25) is 14.4 Å². The number of esters is 1. The highest BCUT2D eigenvalue weighted by molar-refractivity contribution is 8.13. The Kier molecular flexibility index (Phi) is 6.20. The van der Waals surface area contributed by atoms with Crippen LogP contribution in [0.4, 0.5) is 13.2 Å². The van der Waals surface area contributed by atoms with Crippen molar-refractivity contribution in [1.82, 2.24) is 0 Å². The van der Waals surface area contributed by atoms with Crippen LogP contribution in [-0.4, -0.2) is 51.5 Å². The minimum atomic E-state index is -2.36. The standard InChI is InChI=1S/C26H33F3O5S/c1-6-20(32)34-25(21(33)35-13-27)14(2)9-18-23(25,4)12-19(31)26(29)22(3)8-7-15(30)10-16(22)17(28)11-24(18,26)5/h7-8,10,14,17-19,31H,6,9,11-13H2,1-5H3/t14-,17+,18?,19+,22?,23+,24+,25+,26+/m1/s1. The number of thioether (sulfide) groups is 1. The Labute approximate surface area is 207 Å². The number of aliphatic hydroxyl groups excluding tert-OH is 1. The van der Waals surface area contributed by atoms with Crippen LogP contribution >= 0.6 is 11.8 Å². The van der Waals surface area contributed by atoms with Crippen molar-refractivity contribution in [3.05, 3.63) is 23.8 Å². The Morgan fingerprint density at radius 1 is 1.23 bits per heavy atom. The molecule has 0 saturated heterocycles. The number of alkyl halides is 3. The molecule has 9 heteroatoms. The van der Waals surface area contributed by atoms with Gasteiger partial charge in [0.05, 0.1) is 6.10 Å². The van der Waals surface area contributed by atoms with Crippen molar-refractivity contribution in [2.75, 3.05) is 6.01 Å². The van der Waals surface area contributed by atoms with Gasteiger partial charge in [0.2, 0.25) is 5.12 Å². The second kappa shape index (κ2) is 8.20. The molecule has 9 atom stereocenters. The van der Waals surface area contributed by atoms with Gasteiger partial charge in [-0.25, -0.2) is 13.2 Å². The van der Waals surface area contributed by atoms with E-state index in [0.29, 0.717) is 11.8 Å². The van der Waals surface area contributed by atoms with Crippen LogP contribution in [0.5, 0.6) is 0 Å². The van der Waals surface area contributed by atoms with Crippen molar-refractivity contribution in [2.45, 2.75) is 83.8 Å². The molecule has 4 rings (SSSR count). The molecule has 35 heavy (non-hydrogen) atoms. The smallest absolute Gasteiger partial charge is 0.306 e. The Morgan fingerprint density at radius 2 is 1.89 bits per heavy atom. The molecule has 4 aliphatic carbocycles. The lowest BCUT2D eigenvalue weighted by Crippen LogP contribution is -2.74. The SMILES string of the molecule is CCC(=O)O[C@]1(C(=O)SCF)[C@H](C)CC2[C@]1(C)C[C@H](O)[C@]1(F)C3(C)C=CC(=O)C=C3[C@@H](F)C[C@@]21C. The van der Waals surface area contributed by atoms with Crippen LogP contribution in [-0.2, 0) is 19.1 Å². The van der Waals surface area contributed by atoms with E-state index in [1.807, 2.05) is 0 Å². The van der Waals surface area contributed by atoms with E-state index in [2.05, 4.69) is 0 Å². The molecule has 1 N–H and O–H groups in total. The molecule has 3 saturated carbocycles. The van der Waals surface area contributed by atoms with Gasteiger partial charge in [-0.15, -0.1) is 0 Å². The van der Waals surface area contributed by atoms with Crippen molar-refractivity contribution in [3.8, 4) is 0 Å². The second-order valence-corrected chi connectivity index (χ2v) is 12.1. The van der Waals surface area contributed by atoms with Crippen LogP contribution < -0.4 is 0 Å². The first-order valence-corrected chi connectivity index (χ1v) is 13.1. The number of hydrogen-bond donors (Lipinski definition) is 1. The fraction of sp³-hybridized carbons (Fsp3) is 0.731. The predicted molar refractivity (Wildman–Crippen MR) is 125 cm³/mol. The molecule has 0 aliphatic heterocycles. The number of halogens is 3. The molecular weight excluding hydrogens is 481 g/mol. The normalized spacial score (nSPS) is 48.5. The highest BCUT2D eigenvalue weighted by atomic mass is 32.2. The fourth-order valence-corrected chi connectivity index (χ4v) is 9.08. The number of ketones is 1. The van der Waals surface area contributed by atoms with E-state index in [4.69, 9.17) is 4.74 Å². The zero-order valence-corrected chi connectivity index (χ0v) is 21.5. The molecule has 4 aliphatic rings. The summed E-state index contributed by atoms with van der Waals surface area (Å²) < 4.78 is 52.6. The minimum Gasteiger partial charge on any atom is -0.449 e. The number of hydrogen-bond acceptors (Lipinski definition) is 6. The van der Waals surface area contributed by atoms with Gasteiger partial charge >= 0.3 is 5.97 Å². The number of carbonyl (C=O) groups is 3. The molecule has 5 nitrogen and oxygen atoms in total. The van der Waals surface area contributed by atoms with Crippen molar-refractivity contribution >= 4 is 28.6 Å². The van der Waals surface area contributed by atoms with Crippen LogP contribution in [0.15, 0.2) is 23.8 Å². The zero-order chi connectivity index (χ0) is 26.2. The quantitative estimate of drug-likeness (QED) is 0.542. The maximum Gasteiger partial charge on any atom is 0.306 e. The largest absolute Gasteiger partial charge is 0.449 e. The average Bonchev–Trinajstić information content (AvgIpc) is 3.01. The molecule has 0 heterocycles. The lowest BCUT2D eigenvalue weighted by Gasteiger charge is -2.68. The number of fused-ring (bicyclic) bond motifs is 5. The van der Waals surface area contributed by atoms with E-state index in [0.717, 1.165) is 6.08 Å². The maximum atomic E-state index is 17.6. The summed E-state index contributed by atoms with van der Waals surface area (Å²) in [5.74, 6) is -2.37. The summed E-state index contributed by atoms with van der Waals surface area (Å²) in [6.07, 6.45) is 0.0290. The Hall–Kier alpha value is -1.61. The minimum absolute atomic E-state index is 0.00593. The van der Waals surface area contributed by atoms with Crippen molar-refractivity contribution in [2.24, 2.45) is 28.1 Å². The van der Waals surface area contributed by atoms with E-state index in [9.17, 15) is 23.9 Å². The zero-order valence-electron chi connectivity index (χ0n) is 20.7. The lowest BCUT2D eigenvalue weighted by molar-refractivity contribution is -0.262. The van der Waals surface area contributed by atoms with E-state index < -0.39 is 74.5 Å². The average molecular weight is 515 g/mol. The van der Waals surface area contributed by atoms with E-state index in [1.54, 1.807) is 27.7 Å². The first-order valence-electron chi connectivity index (χ1n) is 12.1. The summed E-state index contributed by atoms with van der Waals surface area (Å²) in [4.78, 5) is 38.0. The van der Waals surface area contributed by atoms with Crippen LogP contribution in [0, 0.1) is 28.1 Å². The third-order valence-electron chi connectivity index (χ3n) is 9.80. The van der Waals surface area contributed by atoms with Gasteiger partial charge in [0, 0.05) is 28.6 Å². The predicted octanol–water partition coefficient (Wildman–Crippen LogP) is 4.82. The van der Waals surface area contributed by atoms with Crippen molar-refractivity contribution in [1.29, 1.82) is 0 Å². The van der Waals surface area contributed by atoms with Crippen molar-refractivity contribution in [3.63, 3.8) is 0 Å². The number of ether oxygens (including phenoxy) is 1. The van der Waals surface area contributed by atoms with Gasteiger partial charge in [0.15, 0.2) is 17.1 Å². The molecule has 0 amide bonds. The molecule has 3 fully saturated rings. The molecule has 0 bridgehead atoms. The molecule has 2 unspecified atom stereocenters. The van der Waals surface area contributed by atoms with Crippen LogP contribution in [0.25, 0.3) is 0 Å². The highest BCUT2D eigenvalue weighted by Gasteiger charge is 2.81. The van der Waals surface area contributed by atoms with Gasteiger partial charge in [0.25, 0.3) is 0 Å². The van der Waals surface area contributed by atoms with E-state index >= 15 is 8.78 Å². The summed E-state index contributed by atoms with van der Waals surface area (Å²) >= 11 is 0.395. The fourth-order valence-electron chi connectivity index (χ4n) is 8.29. The summed E-state index contributed by atoms with van der Waals surface area (Å²) in [5.41, 5.74) is -8.49. The van der Waals surface area contributed by atoms with Gasteiger partial charge < -0.3 is 9.84 Å². The monoisotopic (exact) mass is 514 g/mol. The molecule has 194 valence electrons. The van der Waals surface area contributed by atoms with Gasteiger partial charge in [-0.1, -0.05) is 33.8 Å². The number of carbonyl (C=O) groups excluding carboxylic acids is 3. The lowest BCUT2D eigenvalue weighted by atomic mass is 9.39. The third-order valence-corrected chi connectivity index (χ3v) is 10.5. The first-order chi connectivity index (χ1) is 16.2. The topological polar surface area (TPSA) is 80.7 Å². The van der Waals surface area contributed by atoms with E-state index in [1.165, 1.54) is 19.1 Å². The molecular formula is C26H33F3O5S. The van der Waals surface area contributed by atoms with Crippen LogP contribution in [0.2, 0.25) is 0 Å². The molecule has 0 aromatic carbocycles. The molecule has 0 spiro atoms. The Balaban J connectivity index is 1.93. The summed E-state index contributed by atoms with van der Waals surface area (Å²) in [7, 11) is 0. The highest BCUT2D eigenvalue weighted by Crippen LogP contribution is 2.76. The summed E-state index contributed by atoms with van der Waals surface area (Å²) in [5, 5.41) is 10.9. The Morgan fingerprint density at radius 3 is 2.49 bits per heavy atom. The first kappa shape index (κ1) is 26.5. The summed E-state index contributed by atoms with van der Waals surface area (Å²) in [6.45, 7) is 8.06. The second-order valence-electron chi connectivity index (χ2n) is 11.3. The van der Waals surface area contributed by atoms with Crippen LogP contribution in [0.1, 0.15) is 60.3 Å². The van der Waals surface area contributed by atoms with Gasteiger partial charge in [-0.2, -0.15) is 0 Å². The third kappa shape index (κ3) is 3.03. The van der Waals surface area contributed by atoms with E-state index in [-0.39, 0.29) is 31.3 Å². The molecule has 0 aromatic heterocycles. The number of allylic oxidation sites excluding steroid dienone is 4. The van der Waals surface area contributed by atoms with Gasteiger partial charge in [-0.05, 0) is 61.6 Å². The molecule has 0 aromatic rings. The van der Waals surface area contributed by atoms with Crippen molar-refractivity contribution < 1.29 is 37.4 Å². The van der Waals surface area contributed by atoms with Gasteiger partial charge in [0.1, 0.15) is 12.2 Å². The molecule has 0 radical (unpaired) electrons. The maximum absolute atomic E-state index is 17.6. The van der Waals surface area contributed by atoms with Crippen LogP contribution in [0.3, 0.4) is 0 Å². The number of aliphatic hydroxyl groups is 1. The summed E-state index contributed by atoms with van der Waals surface area (Å²) in [6, 6.07) is -1.03. The Bertz CT molecular complexity index is 1030.